The highest BCUT2D eigenvalue weighted by Gasteiger charge is 2.33. The molecule has 1 saturated carbocycles. The molecule has 2 rings (SSSR count). The summed E-state index contributed by atoms with van der Waals surface area (Å²) in [4.78, 5) is 0. The van der Waals surface area contributed by atoms with E-state index in [1.165, 1.54) is 43.6 Å². The average molecular weight is 228 g/mol. The molecule has 2 nitrogen and oxygen atoms in total. The van der Waals surface area contributed by atoms with Crippen LogP contribution in [0.3, 0.4) is 0 Å². The van der Waals surface area contributed by atoms with Gasteiger partial charge in [-0.1, -0.05) is 19.8 Å². The molecule has 0 radical (unpaired) electrons. The van der Waals surface area contributed by atoms with E-state index < -0.39 is 0 Å². The summed E-state index contributed by atoms with van der Waals surface area (Å²) in [6, 6.07) is 0.586. The molecular weight excluding hydrogens is 204 g/mol. The van der Waals surface area contributed by atoms with Crippen molar-refractivity contribution in [1.82, 2.24) is 5.43 Å². The van der Waals surface area contributed by atoms with Gasteiger partial charge in [0.15, 0.2) is 0 Å². The molecule has 0 spiro atoms. The van der Waals surface area contributed by atoms with E-state index in [1.807, 2.05) is 0 Å². The molecule has 3 heteroatoms. The zero-order chi connectivity index (χ0) is 10.7. The number of hydrogen-bond acceptors (Lipinski definition) is 3. The maximum Gasteiger partial charge on any atom is 0.0275 e. The summed E-state index contributed by atoms with van der Waals surface area (Å²) in [5.74, 6) is 11.0. The minimum atomic E-state index is 0.586. The third-order valence-electron chi connectivity index (χ3n) is 4.15. The van der Waals surface area contributed by atoms with E-state index in [-0.39, 0.29) is 0 Å². The molecule has 4 atom stereocenters. The smallest absolute Gasteiger partial charge is 0.0275 e. The van der Waals surface area contributed by atoms with Crippen molar-refractivity contribution in [1.29, 1.82) is 0 Å². The van der Waals surface area contributed by atoms with Crippen LogP contribution in [0.15, 0.2) is 0 Å². The lowest BCUT2D eigenvalue weighted by molar-refractivity contribution is 0.185. The number of hydrazine groups is 1. The number of rotatable bonds is 3. The maximum absolute atomic E-state index is 5.77. The van der Waals surface area contributed by atoms with E-state index in [1.54, 1.807) is 0 Å². The minimum absolute atomic E-state index is 0.586. The molecule has 0 bridgehead atoms. The Morgan fingerprint density at radius 3 is 2.73 bits per heavy atom. The molecule has 88 valence electrons. The molecule has 0 aromatic carbocycles. The van der Waals surface area contributed by atoms with Crippen LogP contribution in [0.1, 0.15) is 39.0 Å². The maximum atomic E-state index is 5.77. The Balaban J connectivity index is 1.92. The number of nitrogens with one attached hydrogen (secondary N) is 1. The highest BCUT2D eigenvalue weighted by atomic mass is 32.2. The van der Waals surface area contributed by atoms with E-state index in [4.69, 9.17) is 5.84 Å². The fourth-order valence-corrected chi connectivity index (χ4v) is 4.61. The van der Waals surface area contributed by atoms with E-state index in [2.05, 4.69) is 24.1 Å². The van der Waals surface area contributed by atoms with Crippen LogP contribution in [0.5, 0.6) is 0 Å². The van der Waals surface area contributed by atoms with Crippen molar-refractivity contribution in [2.24, 2.45) is 23.6 Å². The number of hydrogen-bond donors (Lipinski definition) is 2. The van der Waals surface area contributed by atoms with Gasteiger partial charge in [0.1, 0.15) is 0 Å². The van der Waals surface area contributed by atoms with Crippen LogP contribution in [-0.4, -0.2) is 17.5 Å². The van der Waals surface area contributed by atoms with Crippen molar-refractivity contribution in [3.8, 4) is 0 Å². The van der Waals surface area contributed by atoms with Gasteiger partial charge in [0.05, 0.1) is 0 Å². The Bertz CT molecular complexity index is 192. The van der Waals surface area contributed by atoms with Crippen molar-refractivity contribution in [3.63, 3.8) is 0 Å². The molecular formula is C12H24N2S. The number of thioether (sulfide) groups is 1. The lowest BCUT2D eigenvalue weighted by Gasteiger charge is -2.35. The molecule has 1 aliphatic heterocycles. The normalized spacial score (nSPS) is 39.2. The summed E-state index contributed by atoms with van der Waals surface area (Å²) in [7, 11) is 0. The molecule has 0 aromatic rings. The van der Waals surface area contributed by atoms with Crippen LogP contribution in [0.25, 0.3) is 0 Å². The first-order valence-corrected chi connectivity index (χ1v) is 7.50. The zero-order valence-corrected chi connectivity index (χ0v) is 10.6. The zero-order valence-electron chi connectivity index (χ0n) is 9.74. The van der Waals surface area contributed by atoms with Crippen molar-refractivity contribution in [2.75, 3.05) is 11.5 Å². The summed E-state index contributed by atoms with van der Waals surface area (Å²) in [5, 5.41) is 0. The summed E-state index contributed by atoms with van der Waals surface area (Å²) in [6.07, 6.45) is 6.97. The molecule has 15 heavy (non-hydrogen) atoms. The van der Waals surface area contributed by atoms with Gasteiger partial charge in [-0.05, 0) is 48.5 Å². The summed E-state index contributed by atoms with van der Waals surface area (Å²) >= 11 is 2.10. The predicted molar refractivity (Wildman–Crippen MR) is 67.7 cm³/mol. The second kappa shape index (κ2) is 5.55. The Morgan fingerprint density at radius 2 is 2.13 bits per heavy atom. The second-order valence-electron chi connectivity index (χ2n) is 5.35. The van der Waals surface area contributed by atoms with Gasteiger partial charge < -0.3 is 0 Å². The third kappa shape index (κ3) is 2.89. The first-order chi connectivity index (χ1) is 7.31. The van der Waals surface area contributed by atoms with Crippen molar-refractivity contribution in [2.45, 2.75) is 45.1 Å². The lowest BCUT2D eigenvalue weighted by atomic mass is 9.75. The highest BCUT2D eigenvalue weighted by Crippen LogP contribution is 2.36. The van der Waals surface area contributed by atoms with Gasteiger partial charge in [-0.3, -0.25) is 11.3 Å². The van der Waals surface area contributed by atoms with E-state index >= 15 is 0 Å². The average Bonchev–Trinajstić information content (AvgIpc) is 2.72. The summed E-state index contributed by atoms with van der Waals surface area (Å²) in [6.45, 7) is 2.39. The van der Waals surface area contributed by atoms with Gasteiger partial charge in [-0.2, -0.15) is 11.8 Å². The first kappa shape index (κ1) is 11.7. The fraction of sp³-hybridized carbons (Fsp3) is 1.00. The van der Waals surface area contributed by atoms with Crippen LogP contribution >= 0.6 is 11.8 Å². The Hall–Kier alpha value is 0.270. The van der Waals surface area contributed by atoms with Gasteiger partial charge in [0.25, 0.3) is 0 Å². The van der Waals surface area contributed by atoms with Crippen molar-refractivity contribution in [3.05, 3.63) is 0 Å². The largest absolute Gasteiger partial charge is 0.271 e. The van der Waals surface area contributed by atoms with Gasteiger partial charge >= 0.3 is 0 Å². The van der Waals surface area contributed by atoms with Crippen LogP contribution < -0.4 is 11.3 Å². The fourth-order valence-electron chi connectivity index (χ4n) is 3.30. The van der Waals surface area contributed by atoms with Crippen LogP contribution in [0, 0.1) is 17.8 Å². The predicted octanol–water partition coefficient (Wildman–Crippen LogP) is 2.40. The van der Waals surface area contributed by atoms with Crippen molar-refractivity contribution < 1.29 is 0 Å². The summed E-state index contributed by atoms with van der Waals surface area (Å²) in [5.41, 5.74) is 3.12. The molecule has 1 saturated heterocycles. The van der Waals surface area contributed by atoms with Crippen LogP contribution in [0.2, 0.25) is 0 Å². The molecule has 1 heterocycles. The topological polar surface area (TPSA) is 38.0 Å². The summed E-state index contributed by atoms with van der Waals surface area (Å²) < 4.78 is 0. The Morgan fingerprint density at radius 1 is 1.27 bits per heavy atom. The van der Waals surface area contributed by atoms with Crippen molar-refractivity contribution >= 4 is 11.8 Å². The van der Waals surface area contributed by atoms with Gasteiger partial charge in [0, 0.05) is 6.04 Å². The second-order valence-corrected chi connectivity index (χ2v) is 6.50. The van der Waals surface area contributed by atoms with Gasteiger partial charge in [-0.25, -0.2) is 0 Å². The standard InChI is InChI=1S/C12H24N2S/c1-9-3-2-4-10(7-9)12(14-13)11-5-6-15-8-11/h9-12,14H,2-8,13H2,1H3. The van der Waals surface area contributed by atoms with Gasteiger partial charge in [0.2, 0.25) is 0 Å². The van der Waals surface area contributed by atoms with Gasteiger partial charge in [-0.15, -0.1) is 0 Å². The van der Waals surface area contributed by atoms with E-state index in [9.17, 15) is 0 Å². The molecule has 4 unspecified atom stereocenters. The molecule has 3 N–H and O–H groups in total. The van der Waals surface area contributed by atoms with Crippen LogP contribution in [-0.2, 0) is 0 Å². The molecule has 2 aliphatic rings. The quantitative estimate of drug-likeness (QED) is 0.575. The lowest BCUT2D eigenvalue weighted by Crippen LogP contribution is -2.47. The molecule has 2 fully saturated rings. The Kier molecular flexibility index (Phi) is 4.35. The molecule has 0 amide bonds. The van der Waals surface area contributed by atoms with E-state index in [0.29, 0.717) is 6.04 Å². The minimum Gasteiger partial charge on any atom is -0.271 e. The SMILES string of the molecule is CC1CCCC(C(NN)C2CCSC2)C1. The molecule has 1 aliphatic carbocycles. The number of nitrogens with two attached hydrogens (primary N) is 1. The Labute approximate surface area is 97.7 Å². The highest BCUT2D eigenvalue weighted by molar-refractivity contribution is 7.99. The monoisotopic (exact) mass is 228 g/mol. The first-order valence-electron chi connectivity index (χ1n) is 6.35. The van der Waals surface area contributed by atoms with Crippen LogP contribution in [0.4, 0.5) is 0 Å². The third-order valence-corrected chi connectivity index (χ3v) is 5.34. The van der Waals surface area contributed by atoms with E-state index in [0.717, 1.165) is 17.8 Å². The molecule has 0 aromatic heterocycles.